The standard InChI is InChI=1S/C19H23BrN2/c1-16-4-2-3-5-18(16)15-22-12-10-21(11-13-22)14-17-6-8-19(20)9-7-17/h2-9H,10-15H2,1H3/p+2. The predicted molar refractivity (Wildman–Crippen MR) is 94.1 cm³/mol. The second-order valence-corrected chi connectivity index (χ2v) is 7.32. The van der Waals surface area contributed by atoms with Gasteiger partial charge in [-0.1, -0.05) is 52.3 Å². The Balaban J connectivity index is 1.50. The minimum atomic E-state index is 1.16. The smallest absolute Gasteiger partial charge is 0.127 e. The average Bonchev–Trinajstić information content (AvgIpc) is 2.54. The molecule has 1 fully saturated rings. The molecule has 2 nitrogen and oxygen atoms in total. The van der Waals surface area contributed by atoms with Gasteiger partial charge in [-0.2, -0.15) is 0 Å². The molecule has 0 aromatic heterocycles. The fraction of sp³-hybridized carbons (Fsp3) is 0.368. The van der Waals surface area contributed by atoms with Crippen molar-refractivity contribution in [3.05, 3.63) is 69.7 Å². The molecule has 22 heavy (non-hydrogen) atoms. The van der Waals surface area contributed by atoms with Crippen molar-refractivity contribution in [3.8, 4) is 0 Å². The van der Waals surface area contributed by atoms with E-state index in [0.717, 1.165) is 6.54 Å². The second kappa shape index (κ2) is 7.40. The van der Waals surface area contributed by atoms with Crippen LogP contribution >= 0.6 is 15.9 Å². The van der Waals surface area contributed by atoms with E-state index in [9.17, 15) is 0 Å². The van der Waals surface area contributed by atoms with Gasteiger partial charge in [0.25, 0.3) is 0 Å². The van der Waals surface area contributed by atoms with E-state index in [2.05, 4.69) is 71.4 Å². The number of rotatable bonds is 4. The van der Waals surface area contributed by atoms with Crippen molar-refractivity contribution in [1.29, 1.82) is 0 Å². The van der Waals surface area contributed by atoms with E-state index >= 15 is 0 Å². The summed E-state index contributed by atoms with van der Waals surface area (Å²) in [5.74, 6) is 0. The van der Waals surface area contributed by atoms with Crippen LogP contribution in [0.3, 0.4) is 0 Å². The molecule has 1 aliphatic rings. The monoisotopic (exact) mass is 360 g/mol. The van der Waals surface area contributed by atoms with Crippen LogP contribution in [-0.2, 0) is 13.1 Å². The second-order valence-electron chi connectivity index (χ2n) is 6.41. The first kappa shape index (κ1) is 15.7. The number of hydrogen-bond acceptors (Lipinski definition) is 0. The minimum Gasteiger partial charge on any atom is -0.322 e. The first-order valence-electron chi connectivity index (χ1n) is 8.17. The van der Waals surface area contributed by atoms with Gasteiger partial charge in [-0.15, -0.1) is 0 Å². The Kier molecular flexibility index (Phi) is 5.29. The van der Waals surface area contributed by atoms with Gasteiger partial charge < -0.3 is 9.80 Å². The molecule has 0 unspecified atom stereocenters. The number of nitrogens with one attached hydrogen (secondary N) is 2. The van der Waals surface area contributed by atoms with E-state index in [-0.39, 0.29) is 0 Å². The summed E-state index contributed by atoms with van der Waals surface area (Å²) in [5, 5.41) is 0. The summed E-state index contributed by atoms with van der Waals surface area (Å²) in [5.41, 5.74) is 4.38. The lowest BCUT2D eigenvalue weighted by atomic mass is 10.1. The van der Waals surface area contributed by atoms with Crippen molar-refractivity contribution in [2.45, 2.75) is 20.0 Å². The number of hydrogen-bond donors (Lipinski definition) is 2. The van der Waals surface area contributed by atoms with Gasteiger partial charge in [-0.3, -0.25) is 0 Å². The van der Waals surface area contributed by atoms with Crippen LogP contribution in [0.4, 0.5) is 0 Å². The maximum Gasteiger partial charge on any atom is 0.127 e. The molecule has 1 saturated heterocycles. The fourth-order valence-electron chi connectivity index (χ4n) is 3.28. The van der Waals surface area contributed by atoms with E-state index in [4.69, 9.17) is 0 Å². The number of aryl methyl sites for hydroxylation is 1. The van der Waals surface area contributed by atoms with Gasteiger partial charge in [0.2, 0.25) is 0 Å². The Hall–Kier alpha value is -1.16. The van der Waals surface area contributed by atoms with Gasteiger partial charge in [0, 0.05) is 15.6 Å². The molecule has 0 radical (unpaired) electrons. The highest BCUT2D eigenvalue weighted by Gasteiger charge is 2.23. The predicted octanol–water partition coefficient (Wildman–Crippen LogP) is 1.24. The van der Waals surface area contributed by atoms with Crippen molar-refractivity contribution < 1.29 is 9.80 Å². The third-order valence-corrected chi connectivity index (χ3v) is 5.26. The molecule has 3 rings (SSSR count). The van der Waals surface area contributed by atoms with Crippen LogP contribution in [0.5, 0.6) is 0 Å². The van der Waals surface area contributed by atoms with Gasteiger partial charge in [-0.05, 0) is 24.6 Å². The van der Waals surface area contributed by atoms with Gasteiger partial charge >= 0.3 is 0 Å². The van der Waals surface area contributed by atoms with Crippen molar-refractivity contribution in [2.75, 3.05) is 26.2 Å². The zero-order valence-electron chi connectivity index (χ0n) is 13.2. The van der Waals surface area contributed by atoms with Crippen molar-refractivity contribution in [1.82, 2.24) is 0 Å². The highest BCUT2D eigenvalue weighted by Crippen LogP contribution is 2.09. The molecule has 0 aliphatic carbocycles. The van der Waals surface area contributed by atoms with Crippen molar-refractivity contribution in [3.63, 3.8) is 0 Å². The van der Waals surface area contributed by atoms with E-state index < -0.39 is 0 Å². The van der Waals surface area contributed by atoms with Gasteiger partial charge in [-0.25, -0.2) is 0 Å². The highest BCUT2D eigenvalue weighted by molar-refractivity contribution is 9.10. The zero-order chi connectivity index (χ0) is 15.4. The highest BCUT2D eigenvalue weighted by atomic mass is 79.9. The van der Waals surface area contributed by atoms with Crippen molar-refractivity contribution >= 4 is 15.9 Å². The van der Waals surface area contributed by atoms with Crippen LogP contribution in [0.15, 0.2) is 53.0 Å². The van der Waals surface area contributed by atoms with E-state index in [0.29, 0.717) is 0 Å². The molecule has 3 heteroatoms. The molecule has 0 spiro atoms. The largest absolute Gasteiger partial charge is 0.322 e. The summed E-state index contributed by atoms with van der Waals surface area (Å²) in [7, 11) is 0. The molecule has 0 atom stereocenters. The molecule has 2 N–H and O–H groups in total. The Morgan fingerprint density at radius 1 is 0.818 bits per heavy atom. The van der Waals surface area contributed by atoms with E-state index in [1.165, 1.54) is 53.9 Å². The first-order chi connectivity index (χ1) is 10.7. The fourth-order valence-corrected chi connectivity index (χ4v) is 3.54. The molecule has 1 aliphatic heterocycles. The topological polar surface area (TPSA) is 8.88 Å². The molecule has 0 saturated carbocycles. The number of benzene rings is 2. The number of quaternary nitrogens is 2. The normalized spacial score (nSPS) is 21.7. The summed E-state index contributed by atoms with van der Waals surface area (Å²) >= 11 is 3.51. The summed E-state index contributed by atoms with van der Waals surface area (Å²) in [6, 6.07) is 17.6. The summed E-state index contributed by atoms with van der Waals surface area (Å²) < 4.78 is 1.17. The van der Waals surface area contributed by atoms with E-state index in [1.807, 2.05) is 0 Å². The lowest BCUT2D eigenvalue weighted by Crippen LogP contribution is -3.27. The van der Waals surface area contributed by atoms with Gasteiger partial charge in [0.1, 0.15) is 39.3 Å². The Morgan fingerprint density at radius 3 is 2.05 bits per heavy atom. The molecule has 2 aromatic carbocycles. The van der Waals surface area contributed by atoms with Crippen LogP contribution < -0.4 is 9.80 Å². The third-order valence-electron chi connectivity index (χ3n) is 4.73. The van der Waals surface area contributed by atoms with Gasteiger partial charge in [0.05, 0.1) is 0 Å². The van der Waals surface area contributed by atoms with Gasteiger partial charge in [0.15, 0.2) is 0 Å². The molecule has 0 amide bonds. The minimum absolute atomic E-state index is 1.16. The molecular weight excluding hydrogens is 336 g/mol. The average molecular weight is 361 g/mol. The van der Waals surface area contributed by atoms with Crippen LogP contribution in [-0.4, -0.2) is 26.2 Å². The Morgan fingerprint density at radius 2 is 1.41 bits per heavy atom. The molecular formula is C19H25BrN2+2. The molecule has 1 heterocycles. The van der Waals surface area contributed by atoms with Crippen LogP contribution in [0.25, 0.3) is 0 Å². The number of halogens is 1. The molecule has 2 aromatic rings. The van der Waals surface area contributed by atoms with Crippen molar-refractivity contribution in [2.24, 2.45) is 0 Å². The first-order valence-corrected chi connectivity index (χ1v) is 8.96. The van der Waals surface area contributed by atoms with Crippen LogP contribution in [0, 0.1) is 6.92 Å². The SMILES string of the molecule is Cc1ccccc1C[NH+]1CC[NH+](Cc2ccc(Br)cc2)CC1. The lowest BCUT2D eigenvalue weighted by Gasteiger charge is -2.30. The molecule has 0 bridgehead atoms. The maximum atomic E-state index is 3.51. The quantitative estimate of drug-likeness (QED) is 0.811. The van der Waals surface area contributed by atoms with Crippen LogP contribution in [0.2, 0.25) is 0 Å². The lowest BCUT2D eigenvalue weighted by molar-refractivity contribution is -1.02. The third kappa shape index (κ3) is 4.19. The summed E-state index contributed by atoms with van der Waals surface area (Å²) in [4.78, 5) is 3.45. The Bertz CT molecular complexity index is 601. The number of piperazine rings is 1. The Labute approximate surface area is 141 Å². The summed E-state index contributed by atoms with van der Waals surface area (Å²) in [6.07, 6.45) is 0. The zero-order valence-corrected chi connectivity index (χ0v) is 14.8. The summed E-state index contributed by atoms with van der Waals surface area (Å²) in [6.45, 7) is 9.67. The maximum absolute atomic E-state index is 3.51. The van der Waals surface area contributed by atoms with Crippen LogP contribution in [0.1, 0.15) is 16.7 Å². The molecule has 116 valence electrons. The van der Waals surface area contributed by atoms with E-state index in [1.54, 1.807) is 9.80 Å².